The number of hydrogen-bond donors (Lipinski definition) is 4. The fourth-order valence-corrected chi connectivity index (χ4v) is 7.44. The summed E-state index contributed by atoms with van der Waals surface area (Å²) < 4.78 is 15.1. The second kappa shape index (κ2) is 19.4. The topological polar surface area (TPSA) is 141 Å². The molecule has 0 bridgehead atoms. The Kier molecular flexibility index (Phi) is 13.9. The first-order chi connectivity index (χ1) is 26.4. The Balaban J connectivity index is 1.00. The number of aryl methyl sites for hydroxylation is 1. The SMILES string of the molecule is Cn1ccnc1SC[C@H]1C[C@@H](c2ccc(CO)cc2)O[C@@H](c2ccc(-c3ccccc3CNC(=O)CCCCCCC(=O)Nc3ccccc3N)cc2)O1. The first kappa shape index (κ1) is 38.8. The molecule has 2 heterocycles. The van der Waals surface area contributed by atoms with Crippen molar-refractivity contribution < 1.29 is 24.2 Å². The van der Waals surface area contributed by atoms with E-state index in [1.165, 1.54) is 0 Å². The molecule has 0 saturated carbocycles. The van der Waals surface area contributed by atoms with Gasteiger partial charge in [0.05, 0.1) is 30.2 Å². The summed E-state index contributed by atoms with van der Waals surface area (Å²) in [5.74, 6) is 0.697. The Morgan fingerprint density at radius 3 is 2.30 bits per heavy atom. The Morgan fingerprint density at radius 1 is 0.870 bits per heavy atom. The highest BCUT2D eigenvalue weighted by molar-refractivity contribution is 7.99. The van der Waals surface area contributed by atoms with Crippen LogP contribution in [0, 0.1) is 0 Å². The predicted molar refractivity (Wildman–Crippen MR) is 213 cm³/mol. The van der Waals surface area contributed by atoms with Crippen LogP contribution in [0.25, 0.3) is 11.1 Å². The molecule has 11 heteroatoms. The highest BCUT2D eigenvalue weighted by Crippen LogP contribution is 2.40. The number of carbonyl (C=O) groups is 2. The second-order valence-corrected chi connectivity index (χ2v) is 14.6. The molecule has 1 saturated heterocycles. The average molecular weight is 748 g/mol. The molecule has 1 aromatic heterocycles. The van der Waals surface area contributed by atoms with Crippen LogP contribution in [0.2, 0.25) is 0 Å². The van der Waals surface area contributed by atoms with Gasteiger partial charge in [-0.2, -0.15) is 0 Å². The number of thioether (sulfide) groups is 1. The van der Waals surface area contributed by atoms with Gasteiger partial charge in [-0.3, -0.25) is 9.59 Å². The first-order valence-corrected chi connectivity index (χ1v) is 19.5. The molecule has 6 rings (SSSR count). The maximum atomic E-state index is 12.7. The number of nitrogen functional groups attached to an aromatic ring is 1. The number of nitrogens with two attached hydrogens (primary N) is 1. The largest absolute Gasteiger partial charge is 0.397 e. The van der Waals surface area contributed by atoms with Crippen molar-refractivity contribution >= 4 is 35.0 Å². The van der Waals surface area contributed by atoms with Gasteiger partial charge in [0, 0.05) is 56.6 Å². The molecule has 1 aliphatic heterocycles. The monoisotopic (exact) mass is 747 g/mol. The van der Waals surface area contributed by atoms with Crippen LogP contribution >= 0.6 is 11.8 Å². The Bertz CT molecular complexity index is 1970. The molecule has 54 heavy (non-hydrogen) atoms. The molecule has 282 valence electrons. The van der Waals surface area contributed by atoms with E-state index in [4.69, 9.17) is 15.2 Å². The molecule has 2 amide bonds. The van der Waals surface area contributed by atoms with Crippen LogP contribution in [0.4, 0.5) is 11.4 Å². The molecule has 5 N–H and O–H groups in total. The molecular formula is C43H49N5O5S. The van der Waals surface area contributed by atoms with Gasteiger partial charge in [-0.1, -0.05) is 110 Å². The normalized spacial score (nSPS) is 16.9. The summed E-state index contributed by atoms with van der Waals surface area (Å²) in [5, 5.41) is 16.4. The molecule has 0 aliphatic carbocycles. The van der Waals surface area contributed by atoms with Gasteiger partial charge in [0.1, 0.15) is 0 Å². The number of unbranched alkanes of at least 4 members (excludes halogenated alkanes) is 3. The van der Waals surface area contributed by atoms with Gasteiger partial charge in [0.15, 0.2) is 11.4 Å². The summed E-state index contributed by atoms with van der Waals surface area (Å²) in [6, 6.07) is 31.5. The quantitative estimate of drug-likeness (QED) is 0.0425. The van der Waals surface area contributed by atoms with Crippen LogP contribution in [0.1, 0.15) is 79.6 Å². The molecule has 10 nitrogen and oxygen atoms in total. The lowest BCUT2D eigenvalue weighted by molar-refractivity contribution is -0.245. The van der Waals surface area contributed by atoms with Crippen molar-refractivity contribution in [3.63, 3.8) is 0 Å². The number of rotatable bonds is 17. The molecule has 0 unspecified atom stereocenters. The molecular weight excluding hydrogens is 699 g/mol. The van der Waals surface area contributed by atoms with Crippen molar-refractivity contribution in [3.05, 3.63) is 132 Å². The van der Waals surface area contributed by atoms with Crippen molar-refractivity contribution in [1.82, 2.24) is 14.9 Å². The molecule has 0 radical (unpaired) electrons. The van der Waals surface area contributed by atoms with Crippen LogP contribution in [-0.4, -0.2) is 38.3 Å². The molecule has 3 atom stereocenters. The third-order valence-electron chi connectivity index (χ3n) is 9.57. The fraction of sp³-hybridized carbons (Fsp3) is 0.326. The van der Waals surface area contributed by atoms with E-state index in [9.17, 15) is 14.7 Å². The number of benzene rings is 4. The van der Waals surface area contributed by atoms with Crippen LogP contribution < -0.4 is 16.4 Å². The van der Waals surface area contributed by atoms with Gasteiger partial charge < -0.3 is 35.5 Å². The highest BCUT2D eigenvalue weighted by atomic mass is 32.2. The minimum absolute atomic E-state index is 0.000722. The number of aliphatic hydroxyl groups excluding tert-OH is 1. The molecule has 5 aromatic rings. The zero-order valence-electron chi connectivity index (χ0n) is 30.7. The lowest BCUT2D eigenvalue weighted by Gasteiger charge is -2.36. The van der Waals surface area contributed by atoms with Gasteiger partial charge in [0.25, 0.3) is 0 Å². The van der Waals surface area contributed by atoms with Gasteiger partial charge in [0.2, 0.25) is 11.8 Å². The van der Waals surface area contributed by atoms with Crippen LogP contribution in [0.15, 0.2) is 115 Å². The van der Waals surface area contributed by atoms with E-state index in [1.807, 2.05) is 72.4 Å². The number of ether oxygens (including phenoxy) is 2. The van der Waals surface area contributed by atoms with Gasteiger partial charge in [-0.05, 0) is 52.8 Å². The number of aliphatic hydroxyl groups is 1. The number of hydrogen-bond acceptors (Lipinski definition) is 8. The van der Waals surface area contributed by atoms with E-state index in [2.05, 4.69) is 45.9 Å². The van der Waals surface area contributed by atoms with Crippen molar-refractivity contribution in [1.29, 1.82) is 0 Å². The van der Waals surface area contributed by atoms with Gasteiger partial charge in [-0.25, -0.2) is 4.98 Å². The minimum atomic E-state index is -0.553. The Hall–Kier alpha value is -4.94. The predicted octanol–water partition coefficient (Wildman–Crippen LogP) is 8.09. The summed E-state index contributed by atoms with van der Waals surface area (Å²) >= 11 is 1.67. The third kappa shape index (κ3) is 10.8. The van der Waals surface area contributed by atoms with E-state index < -0.39 is 6.29 Å². The van der Waals surface area contributed by atoms with E-state index in [0.29, 0.717) is 37.2 Å². The van der Waals surface area contributed by atoms with E-state index in [-0.39, 0.29) is 30.6 Å². The fourth-order valence-electron chi connectivity index (χ4n) is 6.49. The van der Waals surface area contributed by atoms with Crippen molar-refractivity contribution in [3.8, 4) is 11.1 Å². The maximum absolute atomic E-state index is 12.7. The van der Waals surface area contributed by atoms with Crippen molar-refractivity contribution in [2.45, 2.75) is 81.8 Å². The maximum Gasteiger partial charge on any atom is 0.224 e. The van der Waals surface area contributed by atoms with Gasteiger partial charge >= 0.3 is 0 Å². The minimum Gasteiger partial charge on any atom is -0.397 e. The number of imidazole rings is 1. The number of nitrogens with one attached hydrogen (secondary N) is 2. The van der Waals surface area contributed by atoms with Crippen molar-refractivity contribution in [2.24, 2.45) is 7.05 Å². The number of carbonyl (C=O) groups excluding carboxylic acids is 2. The zero-order chi connectivity index (χ0) is 37.7. The summed E-state index contributed by atoms with van der Waals surface area (Å²) in [6.07, 6.45) is 7.81. The summed E-state index contributed by atoms with van der Waals surface area (Å²) in [5.41, 5.74) is 13.1. The second-order valence-electron chi connectivity index (χ2n) is 13.6. The number of aromatic nitrogens is 2. The highest BCUT2D eigenvalue weighted by Gasteiger charge is 2.32. The summed E-state index contributed by atoms with van der Waals surface area (Å²) in [6.45, 7) is 0.430. The number of para-hydroxylation sites is 2. The molecule has 0 spiro atoms. The van der Waals surface area contributed by atoms with Crippen LogP contribution in [0.3, 0.4) is 0 Å². The summed E-state index contributed by atoms with van der Waals surface area (Å²) in [4.78, 5) is 29.5. The van der Waals surface area contributed by atoms with Crippen LogP contribution in [-0.2, 0) is 39.3 Å². The lowest BCUT2D eigenvalue weighted by Crippen LogP contribution is -2.31. The zero-order valence-corrected chi connectivity index (χ0v) is 31.5. The summed E-state index contributed by atoms with van der Waals surface area (Å²) in [7, 11) is 1.99. The Labute approximate surface area is 321 Å². The molecule has 1 fully saturated rings. The lowest BCUT2D eigenvalue weighted by atomic mass is 9.97. The molecule has 4 aromatic carbocycles. The first-order valence-electron chi connectivity index (χ1n) is 18.6. The third-order valence-corrected chi connectivity index (χ3v) is 10.8. The number of amides is 2. The van der Waals surface area contributed by atoms with Gasteiger partial charge in [-0.15, -0.1) is 0 Å². The Morgan fingerprint density at radius 2 is 1.57 bits per heavy atom. The van der Waals surface area contributed by atoms with E-state index in [1.54, 1.807) is 30.1 Å². The molecule has 1 aliphatic rings. The average Bonchev–Trinajstić information content (AvgIpc) is 3.62. The standard InChI is InChI=1S/C43H49N5O5S/c1-48-25-24-45-43(48)54-29-35-26-39(32-18-16-30(28-49)17-19-32)53-42(52-35)33-22-20-31(21-23-33)36-11-7-6-10-34(36)27-46-40(50)14-4-2-3-5-15-41(51)47-38-13-9-8-12-37(38)44/h6-13,16-25,35,39,42,49H,2-5,14-15,26-29,44H2,1H3,(H,46,50)(H,47,51)/t35-,39+,42+/m1/s1. The van der Waals surface area contributed by atoms with Crippen molar-refractivity contribution in [2.75, 3.05) is 16.8 Å². The van der Waals surface area contributed by atoms with E-state index >= 15 is 0 Å². The smallest absolute Gasteiger partial charge is 0.224 e. The van der Waals surface area contributed by atoms with E-state index in [0.717, 1.165) is 70.0 Å². The number of anilines is 2. The van der Waals surface area contributed by atoms with Crippen LogP contribution in [0.5, 0.6) is 0 Å². The number of nitrogens with zero attached hydrogens (tertiary/aromatic N) is 2.